The molecule has 24 heavy (non-hydrogen) atoms. The highest BCUT2D eigenvalue weighted by molar-refractivity contribution is 5.95. The number of ether oxygens (including phenoxy) is 1. The lowest BCUT2D eigenvalue weighted by Crippen LogP contribution is -2.54. The second-order valence-corrected chi connectivity index (χ2v) is 5.89. The van der Waals surface area contributed by atoms with Crippen molar-refractivity contribution in [2.75, 3.05) is 44.7 Å². The lowest BCUT2D eigenvalue weighted by Gasteiger charge is -2.41. The van der Waals surface area contributed by atoms with Gasteiger partial charge in [-0.15, -0.1) is 0 Å². The molecule has 132 valence electrons. The highest BCUT2D eigenvalue weighted by Crippen LogP contribution is 2.24. The quantitative estimate of drug-likeness (QED) is 0.842. The van der Waals surface area contributed by atoms with Crippen LogP contribution in [0.4, 0.5) is 10.5 Å². The van der Waals surface area contributed by atoms with Crippen molar-refractivity contribution in [2.45, 2.75) is 19.9 Å². The Kier molecular flexibility index (Phi) is 6.43. The summed E-state index contributed by atoms with van der Waals surface area (Å²) in [7, 11) is 1.66. The molecule has 1 atom stereocenters. The summed E-state index contributed by atoms with van der Waals surface area (Å²) in [5.74, 6) is 0.562. The van der Waals surface area contributed by atoms with Crippen LogP contribution >= 0.6 is 0 Å². The fourth-order valence-electron chi connectivity index (χ4n) is 2.92. The molecule has 0 aliphatic carbocycles. The number of piperazine rings is 1. The molecule has 2 N–H and O–H groups in total. The van der Waals surface area contributed by atoms with Gasteiger partial charge in [-0.2, -0.15) is 0 Å². The standard InChI is InChI=1S/C17H26N4O3/c1-4-18-17(23)19-16(22)12-20-8-9-21(13(2)11-20)14-6-5-7-15(10-14)24-3/h5-7,10,13H,4,8-9,11-12H2,1-3H3,(H2,18,19,22,23)/t13-/m0/s1. The van der Waals surface area contributed by atoms with Crippen LogP contribution < -0.4 is 20.3 Å². The normalized spacial score (nSPS) is 18.1. The number of imide groups is 1. The van der Waals surface area contributed by atoms with Gasteiger partial charge >= 0.3 is 6.03 Å². The van der Waals surface area contributed by atoms with Crippen LogP contribution in [0.5, 0.6) is 5.75 Å². The molecule has 7 nitrogen and oxygen atoms in total. The van der Waals surface area contributed by atoms with Gasteiger partial charge in [-0.3, -0.25) is 15.0 Å². The van der Waals surface area contributed by atoms with Crippen molar-refractivity contribution in [2.24, 2.45) is 0 Å². The zero-order valence-corrected chi connectivity index (χ0v) is 14.5. The fraction of sp³-hybridized carbons (Fsp3) is 0.529. The monoisotopic (exact) mass is 334 g/mol. The molecule has 0 spiro atoms. The largest absolute Gasteiger partial charge is 0.497 e. The molecular formula is C17H26N4O3. The number of anilines is 1. The highest BCUT2D eigenvalue weighted by Gasteiger charge is 2.25. The SMILES string of the molecule is CCNC(=O)NC(=O)CN1CCN(c2cccc(OC)c2)[C@@H](C)C1. The van der Waals surface area contributed by atoms with E-state index in [2.05, 4.69) is 33.4 Å². The minimum Gasteiger partial charge on any atom is -0.497 e. The van der Waals surface area contributed by atoms with Crippen LogP contribution in [0, 0.1) is 0 Å². The smallest absolute Gasteiger partial charge is 0.321 e. The molecule has 1 saturated heterocycles. The summed E-state index contributed by atoms with van der Waals surface area (Å²) in [5, 5.41) is 4.89. The third-order valence-electron chi connectivity index (χ3n) is 4.05. The summed E-state index contributed by atoms with van der Waals surface area (Å²) in [6, 6.07) is 7.82. The molecule has 1 heterocycles. The summed E-state index contributed by atoms with van der Waals surface area (Å²) < 4.78 is 5.28. The minimum atomic E-state index is -0.439. The number of carbonyl (C=O) groups is 2. The van der Waals surface area contributed by atoms with Gasteiger partial charge in [-0.1, -0.05) is 6.07 Å². The topological polar surface area (TPSA) is 73.9 Å². The maximum Gasteiger partial charge on any atom is 0.321 e. The number of nitrogens with zero attached hydrogens (tertiary/aromatic N) is 2. The van der Waals surface area contributed by atoms with E-state index in [0.717, 1.165) is 31.1 Å². The van der Waals surface area contributed by atoms with Gasteiger partial charge in [0.1, 0.15) is 5.75 Å². The van der Waals surface area contributed by atoms with Crippen LogP contribution in [-0.4, -0.2) is 62.7 Å². The van der Waals surface area contributed by atoms with E-state index in [0.29, 0.717) is 6.54 Å². The average molecular weight is 334 g/mol. The van der Waals surface area contributed by atoms with E-state index in [9.17, 15) is 9.59 Å². The van der Waals surface area contributed by atoms with Crippen molar-refractivity contribution in [3.63, 3.8) is 0 Å². The molecule has 1 aliphatic rings. The van der Waals surface area contributed by atoms with Gasteiger partial charge in [0, 0.05) is 44.0 Å². The molecule has 0 radical (unpaired) electrons. The first-order valence-corrected chi connectivity index (χ1v) is 8.24. The van der Waals surface area contributed by atoms with Gasteiger partial charge in [-0.25, -0.2) is 4.79 Å². The van der Waals surface area contributed by atoms with E-state index in [1.807, 2.05) is 25.1 Å². The number of nitrogens with one attached hydrogen (secondary N) is 2. The Balaban J connectivity index is 1.88. The van der Waals surface area contributed by atoms with E-state index in [1.54, 1.807) is 7.11 Å². The van der Waals surface area contributed by atoms with Crippen molar-refractivity contribution in [3.05, 3.63) is 24.3 Å². The van der Waals surface area contributed by atoms with E-state index in [4.69, 9.17) is 4.74 Å². The van der Waals surface area contributed by atoms with Gasteiger partial charge in [0.05, 0.1) is 13.7 Å². The van der Waals surface area contributed by atoms with E-state index < -0.39 is 6.03 Å². The highest BCUT2D eigenvalue weighted by atomic mass is 16.5. The van der Waals surface area contributed by atoms with Crippen LogP contribution in [0.15, 0.2) is 24.3 Å². The predicted octanol–water partition coefficient (Wildman–Crippen LogP) is 1.05. The number of amides is 3. The van der Waals surface area contributed by atoms with E-state index >= 15 is 0 Å². The first kappa shape index (κ1) is 18.1. The Bertz CT molecular complexity index is 579. The van der Waals surface area contributed by atoms with Gasteiger partial charge in [0.15, 0.2) is 0 Å². The predicted molar refractivity (Wildman–Crippen MR) is 93.5 cm³/mol. The van der Waals surface area contributed by atoms with Crippen LogP contribution in [0.1, 0.15) is 13.8 Å². The Morgan fingerprint density at radius 3 is 2.79 bits per heavy atom. The van der Waals surface area contributed by atoms with Crippen molar-refractivity contribution in [1.29, 1.82) is 0 Å². The van der Waals surface area contributed by atoms with Crippen molar-refractivity contribution in [3.8, 4) is 5.75 Å². The number of rotatable bonds is 5. The van der Waals surface area contributed by atoms with Crippen molar-refractivity contribution in [1.82, 2.24) is 15.5 Å². The number of urea groups is 1. The molecule has 7 heteroatoms. The molecule has 0 bridgehead atoms. The molecule has 1 aromatic rings. The Labute approximate surface area is 142 Å². The molecule has 0 unspecified atom stereocenters. The molecule has 2 rings (SSSR count). The maximum absolute atomic E-state index is 11.9. The molecular weight excluding hydrogens is 308 g/mol. The van der Waals surface area contributed by atoms with Gasteiger partial charge in [0.25, 0.3) is 0 Å². The zero-order valence-electron chi connectivity index (χ0n) is 14.5. The first-order valence-electron chi connectivity index (χ1n) is 8.24. The summed E-state index contributed by atoms with van der Waals surface area (Å²) in [4.78, 5) is 27.6. The summed E-state index contributed by atoms with van der Waals surface area (Å²) in [5.41, 5.74) is 1.12. The average Bonchev–Trinajstić information content (AvgIpc) is 2.55. The van der Waals surface area contributed by atoms with E-state index in [1.165, 1.54) is 0 Å². The second kappa shape index (κ2) is 8.54. The second-order valence-electron chi connectivity index (χ2n) is 5.89. The molecule has 1 aliphatic heterocycles. The summed E-state index contributed by atoms with van der Waals surface area (Å²) in [6.07, 6.45) is 0. The number of hydrogen-bond acceptors (Lipinski definition) is 5. The minimum absolute atomic E-state index is 0.230. The summed E-state index contributed by atoms with van der Waals surface area (Å²) in [6.45, 7) is 7.02. The third kappa shape index (κ3) is 4.86. The molecule has 0 aromatic heterocycles. The number of carbonyl (C=O) groups excluding carboxylic acids is 2. The number of benzene rings is 1. The van der Waals surface area contributed by atoms with E-state index in [-0.39, 0.29) is 18.5 Å². The van der Waals surface area contributed by atoms with Crippen LogP contribution in [0.3, 0.4) is 0 Å². The Morgan fingerprint density at radius 2 is 2.12 bits per heavy atom. The van der Waals surface area contributed by atoms with Crippen LogP contribution in [0.25, 0.3) is 0 Å². The van der Waals surface area contributed by atoms with Gasteiger partial charge in [-0.05, 0) is 26.0 Å². The lowest BCUT2D eigenvalue weighted by atomic mass is 10.1. The first-order chi connectivity index (χ1) is 11.5. The van der Waals surface area contributed by atoms with Gasteiger partial charge in [0.2, 0.25) is 5.91 Å². The van der Waals surface area contributed by atoms with Crippen molar-refractivity contribution < 1.29 is 14.3 Å². The Morgan fingerprint density at radius 1 is 1.33 bits per heavy atom. The summed E-state index contributed by atoms with van der Waals surface area (Å²) >= 11 is 0. The molecule has 3 amide bonds. The third-order valence-corrected chi connectivity index (χ3v) is 4.05. The molecule has 0 saturated carbocycles. The Hall–Kier alpha value is -2.28. The zero-order chi connectivity index (χ0) is 17.5. The molecule has 1 fully saturated rings. The molecule has 1 aromatic carbocycles. The fourth-order valence-corrected chi connectivity index (χ4v) is 2.92. The van der Waals surface area contributed by atoms with Crippen LogP contribution in [-0.2, 0) is 4.79 Å². The maximum atomic E-state index is 11.9. The van der Waals surface area contributed by atoms with Crippen LogP contribution in [0.2, 0.25) is 0 Å². The van der Waals surface area contributed by atoms with Crippen molar-refractivity contribution >= 4 is 17.6 Å². The lowest BCUT2D eigenvalue weighted by molar-refractivity contribution is -0.121. The van der Waals surface area contributed by atoms with Gasteiger partial charge < -0.3 is 15.0 Å². The number of methoxy groups -OCH3 is 1. The number of hydrogen-bond donors (Lipinski definition) is 2.